The smallest absolute Gasteiger partial charge is 0.338 e. The van der Waals surface area contributed by atoms with Crippen molar-refractivity contribution in [3.63, 3.8) is 0 Å². The number of allylic oxidation sites excluding steroid dienone is 1. The molecule has 41 heavy (non-hydrogen) atoms. The van der Waals surface area contributed by atoms with E-state index in [0.29, 0.717) is 26.4 Å². The molecule has 0 amide bonds. The highest BCUT2D eigenvalue weighted by Crippen LogP contribution is 2.34. The van der Waals surface area contributed by atoms with Crippen LogP contribution in [0.25, 0.3) is 17.4 Å². The summed E-state index contributed by atoms with van der Waals surface area (Å²) in [6, 6.07) is 14.4. The summed E-state index contributed by atoms with van der Waals surface area (Å²) >= 11 is 7.10. The van der Waals surface area contributed by atoms with E-state index < -0.39 is 16.9 Å². The Kier molecular flexibility index (Phi) is 7.65. The Morgan fingerprint density at radius 3 is 2.61 bits per heavy atom. The zero-order chi connectivity index (χ0) is 29.4. The molecule has 0 saturated heterocycles. The summed E-state index contributed by atoms with van der Waals surface area (Å²) in [5.41, 5.74) is 2.16. The highest BCUT2D eigenvalue weighted by molar-refractivity contribution is 7.07. The summed E-state index contributed by atoms with van der Waals surface area (Å²) in [5, 5.41) is 11.8. The SMILES string of the molecule is CCOC(=O)C1=C(C)N=c2s/c(=C\c3ccc(-c4ccc(Cl)cc4[N+](=O)[O-])o3)c(=O)n2[C@@H]1c1ccc(N(C)C)cc1. The van der Waals surface area contributed by atoms with Gasteiger partial charge in [-0.3, -0.25) is 19.5 Å². The Labute approximate surface area is 243 Å². The Hall–Kier alpha value is -4.48. The maximum atomic E-state index is 13.8. The van der Waals surface area contributed by atoms with E-state index in [-0.39, 0.29) is 34.2 Å². The average molecular weight is 593 g/mol. The van der Waals surface area contributed by atoms with Crippen LogP contribution in [0.5, 0.6) is 0 Å². The fraction of sp³-hybridized carbons (Fsp3) is 0.207. The van der Waals surface area contributed by atoms with Gasteiger partial charge in [0.1, 0.15) is 11.5 Å². The molecular weight excluding hydrogens is 568 g/mol. The minimum Gasteiger partial charge on any atom is -0.463 e. The predicted octanol–water partition coefficient (Wildman–Crippen LogP) is 4.69. The number of nitro groups is 1. The number of aromatic nitrogens is 1. The van der Waals surface area contributed by atoms with Crippen molar-refractivity contribution in [3.05, 3.63) is 112 Å². The number of hydrogen-bond acceptors (Lipinski definition) is 9. The van der Waals surface area contributed by atoms with Crippen LogP contribution in [0.3, 0.4) is 0 Å². The molecule has 3 heterocycles. The standard InChI is InChI=1S/C29H25ClN4O6S/c1-5-39-28(36)25-16(2)31-29-33(26(25)17-6-9-19(10-7-17)32(3)4)27(35)24(41-29)15-20-11-13-23(40-20)21-12-8-18(30)14-22(21)34(37)38/h6-15,26H,5H2,1-4H3/b24-15-/t26-/m1/s1. The molecule has 210 valence electrons. The van der Waals surface area contributed by atoms with E-state index in [4.69, 9.17) is 20.8 Å². The molecule has 12 heteroatoms. The lowest BCUT2D eigenvalue weighted by atomic mass is 9.95. The van der Waals surface area contributed by atoms with Gasteiger partial charge in [-0.2, -0.15) is 0 Å². The highest BCUT2D eigenvalue weighted by atomic mass is 35.5. The molecule has 1 aliphatic rings. The lowest BCUT2D eigenvalue weighted by Gasteiger charge is -2.25. The normalized spacial score (nSPS) is 15.0. The summed E-state index contributed by atoms with van der Waals surface area (Å²) < 4.78 is 13.0. The van der Waals surface area contributed by atoms with Crippen molar-refractivity contribution in [2.24, 2.45) is 4.99 Å². The number of ether oxygens (including phenoxy) is 1. The quantitative estimate of drug-likeness (QED) is 0.173. The first-order valence-corrected chi connectivity index (χ1v) is 13.8. The molecule has 4 aromatic rings. The maximum absolute atomic E-state index is 13.8. The number of esters is 1. The van der Waals surface area contributed by atoms with Crippen molar-refractivity contribution in [2.45, 2.75) is 19.9 Å². The number of benzene rings is 2. The second-order valence-corrected chi connectivity index (χ2v) is 10.9. The summed E-state index contributed by atoms with van der Waals surface area (Å²) in [6.45, 7) is 3.63. The van der Waals surface area contributed by atoms with Gasteiger partial charge in [-0.15, -0.1) is 0 Å². The molecule has 0 bridgehead atoms. The Balaban J connectivity index is 1.63. The zero-order valence-corrected chi connectivity index (χ0v) is 24.2. The molecule has 1 aliphatic heterocycles. The van der Waals surface area contributed by atoms with Crippen molar-refractivity contribution in [1.29, 1.82) is 0 Å². The molecule has 2 aromatic carbocycles. The maximum Gasteiger partial charge on any atom is 0.338 e. The number of rotatable bonds is 7. The summed E-state index contributed by atoms with van der Waals surface area (Å²) in [4.78, 5) is 44.9. The van der Waals surface area contributed by atoms with Crippen LogP contribution in [-0.4, -0.2) is 36.2 Å². The Morgan fingerprint density at radius 2 is 1.95 bits per heavy atom. The number of anilines is 1. The lowest BCUT2D eigenvalue weighted by molar-refractivity contribution is -0.384. The fourth-order valence-corrected chi connectivity index (χ4v) is 5.82. The van der Waals surface area contributed by atoms with Crippen LogP contribution in [-0.2, 0) is 9.53 Å². The van der Waals surface area contributed by atoms with E-state index >= 15 is 0 Å². The van der Waals surface area contributed by atoms with Crippen LogP contribution >= 0.6 is 22.9 Å². The van der Waals surface area contributed by atoms with E-state index in [2.05, 4.69) is 4.99 Å². The second kappa shape index (κ2) is 11.2. The number of carbonyl (C=O) groups is 1. The van der Waals surface area contributed by atoms with Crippen molar-refractivity contribution >= 4 is 46.4 Å². The van der Waals surface area contributed by atoms with Crippen LogP contribution in [0.2, 0.25) is 5.02 Å². The molecule has 0 unspecified atom stereocenters. The summed E-state index contributed by atoms with van der Waals surface area (Å²) in [6.07, 6.45) is 1.56. The molecule has 0 saturated carbocycles. The molecule has 1 atom stereocenters. The molecular formula is C29H25ClN4O6S. The third kappa shape index (κ3) is 5.33. The summed E-state index contributed by atoms with van der Waals surface area (Å²) in [5.74, 6) is 0.0411. The van der Waals surface area contributed by atoms with Gasteiger partial charge in [-0.05, 0) is 55.8 Å². The number of nitro benzene ring substituents is 1. The van der Waals surface area contributed by atoms with Crippen molar-refractivity contribution in [3.8, 4) is 11.3 Å². The van der Waals surface area contributed by atoms with Gasteiger partial charge in [0.25, 0.3) is 11.2 Å². The van der Waals surface area contributed by atoms with Crippen LogP contribution in [0.15, 0.2) is 80.1 Å². The van der Waals surface area contributed by atoms with Gasteiger partial charge < -0.3 is 14.1 Å². The molecule has 0 fully saturated rings. The number of furan rings is 1. The van der Waals surface area contributed by atoms with Crippen LogP contribution in [0.4, 0.5) is 11.4 Å². The van der Waals surface area contributed by atoms with Gasteiger partial charge in [0.2, 0.25) is 0 Å². The van der Waals surface area contributed by atoms with Crippen molar-refractivity contribution in [1.82, 2.24) is 4.57 Å². The van der Waals surface area contributed by atoms with Crippen LogP contribution < -0.4 is 19.8 Å². The zero-order valence-electron chi connectivity index (χ0n) is 22.6. The molecule has 0 spiro atoms. The molecule has 0 radical (unpaired) electrons. The average Bonchev–Trinajstić information content (AvgIpc) is 3.52. The number of halogens is 1. The first-order valence-electron chi connectivity index (χ1n) is 12.6. The number of fused-ring (bicyclic) bond motifs is 1. The monoisotopic (exact) mass is 592 g/mol. The molecule has 10 nitrogen and oxygen atoms in total. The van der Waals surface area contributed by atoms with Gasteiger partial charge in [0, 0.05) is 36.9 Å². The number of thiazole rings is 1. The topological polar surface area (TPSA) is 120 Å². The largest absolute Gasteiger partial charge is 0.463 e. The minimum atomic E-state index is -0.743. The van der Waals surface area contributed by atoms with E-state index in [0.717, 1.165) is 22.6 Å². The summed E-state index contributed by atoms with van der Waals surface area (Å²) in [7, 11) is 3.86. The molecule has 2 aromatic heterocycles. The predicted molar refractivity (Wildman–Crippen MR) is 157 cm³/mol. The molecule has 5 rings (SSSR count). The van der Waals surface area contributed by atoms with Crippen LogP contribution in [0, 0.1) is 10.1 Å². The third-order valence-corrected chi connectivity index (χ3v) is 7.78. The van der Waals surface area contributed by atoms with E-state index in [1.807, 2.05) is 43.3 Å². The third-order valence-electron chi connectivity index (χ3n) is 6.56. The van der Waals surface area contributed by atoms with Crippen LogP contribution in [0.1, 0.15) is 31.2 Å². The van der Waals surface area contributed by atoms with E-state index in [1.54, 1.807) is 38.1 Å². The molecule has 0 N–H and O–H groups in total. The van der Waals surface area contributed by atoms with Gasteiger partial charge in [0.15, 0.2) is 4.80 Å². The van der Waals surface area contributed by atoms with Crippen molar-refractivity contribution < 1.29 is 18.9 Å². The first-order chi connectivity index (χ1) is 19.6. The van der Waals surface area contributed by atoms with Gasteiger partial charge in [0.05, 0.1) is 38.9 Å². The van der Waals surface area contributed by atoms with Gasteiger partial charge in [-0.1, -0.05) is 35.1 Å². The second-order valence-electron chi connectivity index (χ2n) is 9.41. The van der Waals surface area contributed by atoms with Gasteiger partial charge >= 0.3 is 5.97 Å². The number of nitrogens with zero attached hydrogens (tertiary/aromatic N) is 4. The van der Waals surface area contributed by atoms with Crippen molar-refractivity contribution in [2.75, 3.05) is 25.6 Å². The van der Waals surface area contributed by atoms with E-state index in [9.17, 15) is 19.7 Å². The van der Waals surface area contributed by atoms with Gasteiger partial charge in [-0.25, -0.2) is 9.79 Å². The Bertz CT molecular complexity index is 1880. The van der Waals surface area contributed by atoms with E-state index in [1.165, 1.54) is 16.7 Å². The fourth-order valence-electron chi connectivity index (χ4n) is 4.63. The highest BCUT2D eigenvalue weighted by Gasteiger charge is 2.33. The molecule has 0 aliphatic carbocycles. The number of carbonyl (C=O) groups excluding carboxylic acids is 1. The number of hydrogen-bond donors (Lipinski definition) is 0. The lowest BCUT2D eigenvalue weighted by Crippen LogP contribution is -2.39. The Morgan fingerprint density at radius 1 is 1.22 bits per heavy atom. The minimum absolute atomic E-state index is 0.179. The first kappa shape index (κ1) is 28.1.